The van der Waals surface area contributed by atoms with E-state index < -0.39 is 0 Å². The van der Waals surface area contributed by atoms with Gasteiger partial charge in [-0.2, -0.15) is 12.6 Å². The second-order valence-corrected chi connectivity index (χ2v) is 3.92. The fraction of sp³-hybridized carbons (Fsp3) is 0.333. The van der Waals surface area contributed by atoms with Crippen molar-refractivity contribution in [2.75, 3.05) is 12.3 Å². The Morgan fingerprint density at radius 2 is 2.13 bits per heavy atom. The Hall–Kier alpha value is -0.930. The quantitative estimate of drug-likeness (QED) is 0.680. The third-order valence-corrected chi connectivity index (χ3v) is 3.02. The van der Waals surface area contributed by atoms with Crippen LogP contribution in [0, 0.1) is 12.8 Å². The summed E-state index contributed by atoms with van der Waals surface area (Å²) >= 11 is 4.30. The van der Waals surface area contributed by atoms with Gasteiger partial charge >= 0.3 is 0 Å². The number of thiol groups is 1. The number of rotatable bonds is 4. The van der Waals surface area contributed by atoms with E-state index >= 15 is 0 Å². The smallest absolute Gasteiger partial charge is 0.00696 e. The van der Waals surface area contributed by atoms with E-state index in [1.54, 1.807) is 6.20 Å². The molecule has 0 saturated heterocycles. The molecule has 0 aliphatic carbocycles. The molecular weight excluding hydrogens is 204 g/mol. The predicted octanol–water partition coefficient (Wildman–Crippen LogP) is 1.80. The van der Waals surface area contributed by atoms with Gasteiger partial charge in [-0.15, -0.1) is 0 Å². The highest BCUT2D eigenvalue weighted by Crippen LogP contribution is 2.25. The monoisotopic (exact) mass is 222 g/mol. The summed E-state index contributed by atoms with van der Waals surface area (Å²) in [6.45, 7) is 2.64. The van der Waals surface area contributed by atoms with Gasteiger partial charge in [0.05, 0.1) is 0 Å². The van der Waals surface area contributed by atoms with E-state index in [-0.39, 0.29) is 5.92 Å². The van der Waals surface area contributed by atoms with E-state index in [0.717, 1.165) is 5.57 Å². The summed E-state index contributed by atoms with van der Waals surface area (Å²) in [5.74, 6) is 0.938. The third kappa shape index (κ3) is 2.76. The van der Waals surface area contributed by atoms with Gasteiger partial charge in [-0.05, 0) is 35.6 Å². The second kappa shape index (κ2) is 5.83. The average molecular weight is 222 g/mol. The van der Waals surface area contributed by atoms with Crippen LogP contribution < -0.4 is 11.5 Å². The Kier molecular flexibility index (Phi) is 4.72. The molecule has 0 amide bonds. The molecule has 0 aromatic heterocycles. The summed E-state index contributed by atoms with van der Waals surface area (Å²) in [4.78, 5) is 0. The minimum Gasteiger partial charge on any atom is -0.404 e. The first-order valence-corrected chi connectivity index (χ1v) is 5.66. The van der Waals surface area contributed by atoms with Crippen LogP contribution in [0.3, 0.4) is 0 Å². The maximum Gasteiger partial charge on any atom is 0.00696 e. The van der Waals surface area contributed by atoms with Crippen LogP contribution in [0.4, 0.5) is 0 Å². The Morgan fingerprint density at radius 3 is 2.60 bits per heavy atom. The van der Waals surface area contributed by atoms with Crippen LogP contribution in [0.1, 0.15) is 11.1 Å². The van der Waals surface area contributed by atoms with E-state index in [4.69, 9.17) is 11.5 Å². The zero-order chi connectivity index (χ0) is 11.3. The SMILES string of the molecule is Cc1ccccc1/C(=C\N)C(CN)CS. The maximum atomic E-state index is 5.70. The van der Waals surface area contributed by atoms with Crippen LogP contribution in [0.15, 0.2) is 30.5 Å². The lowest BCUT2D eigenvalue weighted by molar-refractivity contribution is 0.771. The molecule has 3 heteroatoms. The van der Waals surface area contributed by atoms with E-state index in [9.17, 15) is 0 Å². The van der Waals surface area contributed by atoms with Crippen molar-refractivity contribution in [1.82, 2.24) is 0 Å². The minimum absolute atomic E-state index is 0.222. The lowest BCUT2D eigenvalue weighted by Gasteiger charge is -2.18. The summed E-state index contributed by atoms with van der Waals surface area (Å²) in [5.41, 5.74) is 14.9. The van der Waals surface area contributed by atoms with Crippen LogP contribution in [-0.2, 0) is 0 Å². The molecule has 4 N–H and O–H groups in total. The molecule has 82 valence electrons. The maximum absolute atomic E-state index is 5.70. The van der Waals surface area contributed by atoms with Crippen LogP contribution >= 0.6 is 12.6 Å². The Labute approximate surface area is 96.8 Å². The van der Waals surface area contributed by atoms with Crippen molar-refractivity contribution in [3.8, 4) is 0 Å². The lowest BCUT2D eigenvalue weighted by Crippen LogP contribution is -2.18. The molecule has 0 bridgehead atoms. The molecule has 0 spiro atoms. The summed E-state index contributed by atoms with van der Waals surface area (Å²) < 4.78 is 0. The van der Waals surface area contributed by atoms with E-state index in [2.05, 4.69) is 31.7 Å². The van der Waals surface area contributed by atoms with Gasteiger partial charge in [0.1, 0.15) is 0 Å². The normalized spacial score (nSPS) is 13.9. The van der Waals surface area contributed by atoms with Gasteiger partial charge < -0.3 is 11.5 Å². The van der Waals surface area contributed by atoms with Gasteiger partial charge in [-0.1, -0.05) is 24.3 Å². The molecule has 0 saturated carbocycles. The summed E-state index contributed by atoms with van der Waals surface area (Å²) in [5, 5.41) is 0. The van der Waals surface area contributed by atoms with Crippen LogP contribution in [0.5, 0.6) is 0 Å². The fourth-order valence-electron chi connectivity index (χ4n) is 1.64. The molecule has 1 rings (SSSR count). The van der Waals surface area contributed by atoms with Crippen LogP contribution in [-0.4, -0.2) is 12.3 Å². The number of hydrogen-bond acceptors (Lipinski definition) is 3. The first kappa shape index (κ1) is 12.1. The van der Waals surface area contributed by atoms with Crippen molar-refractivity contribution in [3.63, 3.8) is 0 Å². The molecule has 0 heterocycles. The molecule has 1 aromatic carbocycles. The van der Waals surface area contributed by atoms with Crippen molar-refractivity contribution in [2.24, 2.45) is 17.4 Å². The highest BCUT2D eigenvalue weighted by atomic mass is 32.1. The molecule has 0 radical (unpaired) electrons. The van der Waals surface area contributed by atoms with Crippen LogP contribution in [0.25, 0.3) is 5.57 Å². The standard InChI is InChI=1S/C12H18N2S/c1-9-4-2-3-5-11(9)12(7-14)10(6-13)8-15/h2-5,7,10,15H,6,8,13-14H2,1H3/b12-7-. The number of aryl methyl sites for hydroxylation is 1. The third-order valence-electron chi connectivity index (χ3n) is 2.58. The van der Waals surface area contributed by atoms with Gasteiger partial charge in [-0.3, -0.25) is 0 Å². The first-order chi connectivity index (χ1) is 7.24. The number of benzene rings is 1. The van der Waals surface area contributed by atoms with E-state index in [1.165, 1.54) is 11.1 Å². The van der Waals surface area contributed by atoms with Crippen molar-refractivity contribution in [2.45, 2.75) is 6.92 Å². The molecule has 1 aromatic rings. The van der Waals surface area contributed by atoms with Crippen molar-refractivity contribution in [1.29, 1.82) is 0 Å². The molecule has 0 aliphatic heterocycles. The molecule has 0 fully saturated rings. The lowest BCUT2D eigenvalue weighted by atomic mass is 9.92. The zero-order valence-corrected chi connectivity index (χ0v) is 9.87. The Bertz CT molecular complexity index is 343. The molecular formula is C12H18N2S. The fourth-order valence-corrected chi connectivity index (χ4v) is 1.99. The summed E-state index contributed by atoms with van der Waals surface area (Å²) in [6.07, 6.45) is 1.65. The summed E-state index contributed by atoms with van der Waals surface area (Å²) in [7, 11) is 0. The highest BCUT2D eigenvalue weighted by Gasteiger charge is 2.13. The minimum atomic E-state index is 0.222. The molecule has 0 aliphatic rings. The molecule has 1 atom stereocenters. The number of hydrogen-bond donors (Lipinski definition) is 3. The Balaban J connectivity index is 3.08. The van der Waals surface area contributed by atoms with E-state index in [1.807, 2.05) is 12.1 Å². The van der Waals surface area contributed by atoms with Gasteiger partial charge in [-0.25, -0.2) is 0 Å². The van der Waals surface area contributed by atoms with Gasteiger partial charge in [0.15, 0.2) is 0 Å². The van der Waals surface area contributed by atoms with Gasteiger partial charge in [0, 0.05) is 12.5 Å². The molecule has 1 unspecified atom stereocenters. The van der Waals surface area contributed by atoms with E-state index in [0.29, 0.717) is 12.3 Å². The average Bonchev–Trinajstić information content (AvgIpc) is 2.27. The van der Waals surface area contributed by atoms with Crippen LogP contribution in [0.2, 0.25) is 0 Å². The van der Waals surface area contributed by atoms with Crippen molar-refractivity contribution >= 4 is 18.2 Å². The molecule has 15 heavy (non-hydrogen) atoms. The molecule has 2 nitrogen and oxygen atoms in total. The Morgan fingerprint density at radius 1 is 1.47 bits per heavy atom. The predicted molar refractivity (Wildman–Crippen MR) is 69.7 cm³/mol. The topological polar surface area (TPSA) is 52.0 Å². The van der Waals surface area contributed by atoms with Crippen molar-refractivity contribution < 1.29 is 0 Å². The highest BCUT2D eigenvalue weighted by molar-refractivity contribution is 7.80. The zero-order valence-electron chi connectivity index (χ0n) is 8.98. The largest absolute Gasteiger partial charge is 0.404 e. The van der Waals surface area contributed by atoms with Crippen molar-refractivity contribution in [3.05, 3.63) is 41.6 Å². The summed E-state index contributed by atoms with van der Waals surface area (Å²) in [6, 6.07) is 8.17. The van der Waals surface area contributed by atoms with Gasteiger partial charge in [0.2, 0.25) is 0 Å². The number of nitrogens with two attached hydrogens (primary N) is 2. The van der Waals surface area contributed by atoms with Gasteiger partial charge in [0.25, 0.3) is 0 Å². The first-order valence-electron chi connectivity index (χ1n) is 5.03. The second-order valence-electron chi connectivity index (χ2n) is 3.55.